The van der Waals surface area contributed by atoms with Crippen molar-refractivity contribution in [2.24, 2.45) is 5.10 Å². The number of para-hydroxylation sites is 1. The third-order valence-corrected chi connectivity index (χ3v) is 4.08. The Morgan fingerprint density at radius 1 is 0.929 bits per heavy atom. The van der Waals surface area contributed by atoms with E-state index in [1.807, 2.05) is 19.1 Å². The number of hydrazone groups is 1. The van der Waals surface area contributed by atoms with Gasteiger partial charge < -0.3 is 10.4 Å². The Morgan fingerprint density at radius 3 is 2.46 bits per heavy atom. The van der Waals surface area contributed by atoms with Gasteiger partial charge in [0.2, 0.25) is 0 Å². The first-order chi connectivity index (χ1) is 13.5. The number of hydrogen-bond acceptors (Lipinski definition) is 4. The zero-order chi connectivity index (χ0) is 19.9. The highest BCUT2D eigenvalue weighted by Crippen LogP contribution is 2.15. The Kier molecular flexibility index (Phi) is 5.81. The van der Waals surface area contributed by atoms with E-state index in [4.69, 9.17) is 0 Å². The van der Waals surface area contributed by atoms with E-state index in [1.165, 1.54) is 12.3 Å². The predicted octanol–water partition coefficient (Wildman–Crippen LogP) is 3.72. The average molecular weight is 373 g/mol. The summed E-state index contributed by atoms with van der Waals surface area (Å²) >= 11 is 0. The van der Waals surface area contributed by atoms with Crippen LogP contribution in [-0.4, -0.2) is 23.1 Å². The molecule has 140 valence electrons. The van der Waals surface area contributed by atoms with Gasteiger partial charge >= 0.3 is 0 Å². The summed E-state index contributed by atoms with van der Waals surface area (Å²) in [6.45, 7) is 1.86. The lowest BCUT2D eigenvalue weighted by molar-refractivity contribution is 0.0953. The van der Waals surface area contributed by atoms with Gasteiger partial charge in [0.1, 0.15) is 5.75 Å². The third-order valence-electron chi connectivity index (χ3n) is 4.08. The van der Waals surface area contributed by atoms with Crippen LogP contribution in [0.3, 0.4) is 0 Å². The highest BCUT2D eigenvalue weighted by molar-refractivity contribution is 6.06. The molecular weight excluding hydrogens is 354 g/mol. The van der Waals surface area contributed by atoms with Crippen molar-refractivity contribution in [3.8, 4) is 5.75 Å². The first kappa shape index (κ1) is 18.8. The molecule has 0 aliphatic heterocycles. The fourth-order valence-corrected chi connectivity index (χ4v) is 2.59. The number of phenolic OH excluding ortho intramolecular Hbond substituents is 1. The van der Waals surface area contributed by atoms with E-state index in [9.17, 15) is 14.7 Å². The summed E-state index contributed by atoms with van der Waals surface area (Å²) in [5, 5.41) is 16.3. The normalized spacial score (nSPS) is 10.6. The summed E-state index contributed by atoms with van der Waals surface area (Å²) in [6, 6.07) is 20.5. The number of rotatable bonds is 5. The van der Waals surface area contributed by atoms with Gasteiger partial charge in [-0.15, -0.1) is 0 Å². The minimum Gasteiger partial charge on any atom is -0.507 e. The number of nitrogens with zero attached hydrogens (tertiary/aromatic N) is 1. The summed E-state index contributed by atoms with van der Waals surface area (Å²) in [6.07, 6.45) is 1.36. The molecule has 3 N–H and O–H groups in total. The fourth-order valence-electron chi connectivity index (χ4n) is 2.59. The second kappa shape index (κ2) is 8.64. The molecule has 0 saturated heterocycles. The van der Waals surface area contributed by atoms with Crippen LogP contribution in [0.2, 0.25) is 0 Å². The lowest BCUT2D eigenvalue weighted by atomic mass is 10.1. The zero-order valence-electron chi connectivity index (χ0n) is 15.2. The molecule has 6 nitrogen and oxygen atoms in total. The van der Waals surface area contributed by atoms with Crippen molar-refractivity contribution in [3.05, 3.63) is 95.1 Å². The van der Waals surface area contributed by atoms with Gasteiger partial charge in [0.05, 0.1) is 6.21 Å². The lowest BCUT2D eigenvalue weighted by Crippen LogP contribution is -2.18. The molecule has 28 heavy (non-hydrogen) atoms. The molecule has 0 aliphatic carbocycles. The third kappa shape index (κ3) is 4.62. The van der Waals surface area contributed by atoms with Crippen LogP contribution < -0.4 is 10.7 Å². The molecule has 0 aliphatic rings. The number of amides is 2. The van der Waals surface area contributed by atoms with Gasteiger partial charge in [-0.25, -0.2) is 5.43 Å². The molecule has 0 atom stereocenters. The Balaban J connectivity index is 1.67. The fraction of sp³-hybridized carbons (Fsp3) is 0.0455. The smallest absolute Gasteiger partial charge is 0.271 e. The first-order valence-corrected chi connectivity index (χ1v) is 8.63. The molecule has 3 rings (SSSR count). The van der Waals surface area contributed by atoms with Crippen LogP contribution in [0.1, 0.15) is 31.8 Å². The number of anilines is 1. The standard InChI is InChI=1S/C22H19N3O3/c1-15-7-2-4-11-19(15)22(28)24-18-10-6-9-16(13-18)21(27)25-23-14-17-8-3-5-12-20(17)26/h2-14,26H,1H3,(H,24,28)(H,25,27)/b23-14+. The molecule has 6 heteroatoms. The monoisotopic (exact) mass is 373 g/mol. The summed E-state index contributed by atoms with van der Waals surface area (Å²) in [7, 11) is 0. The molecule has 3 aromatic rings. The molecule has 0 fully saturated rings. The zero-order valence-corrected chi connectivity index (χ0v) is 15.2. The van der Waals surface area contributed by atoms with Crippen LogP contribution in [-0.2, 0) is 0 Å². The second-order valence-electron chi connectivity index (χ2n) is 6.11. The van der Waals surface area contributed by atoms with Crippen molar-refractivity contribution in [1.29, 1.82) is 0 Å². The molecular formula is C22H19N3O3. The van der Waals surface area contributed by atoms with Crippen molar-refractivity contribution >= 4 is 23.7 Å². The Hall–Kier alpha value is -3.93. The molecule has 0 spiro atoms. The van der Waals surface area contributed by atoms with Crippen LogP contribution in [0.4, 0.5) is 5.69 Å². The number of aryl methyl sites for hydroxylation is 1. The molecule has 2 amide bonds. The van der Waals surface area contributed by atoms with Gasteiger partial charge in [-0.3, -0.25) is 9.59 Å². The van der Waals surface area contributed by atoms with Crippen molar-refractivity contribution in [3.63, 3.8) is 0 Å². The van der Waals surface area contributed by atoms with Crippen LogP contribution in [0.15, 0.2) is 77.9 Å². The quantitative estimate of drug-likeness (QED) is 0.470. The highest BCUT2D eigenvalue weighted by Gasteiger charge is 2.10. The number of benzene rings is 3. The van der Waals surface area contributed by atoms with Crippen molar-refractivity contribution < 1.29 is 14.7 Å². The average Bonchev–Trinajstić information content (AvgIpc) is 2.70. The largest absolute Gasteiger partial charge is 0.507 e. The van der Waals surface area contributed by atoms with Crippen LogP contribution in [0.5, 0.6) is 5.75 Å². The van der Waals surface area contributed by atoms with Gasteiger partial charge in [0.15, 0.2) is 0 Å². The highest BCUT2D eigenvalue weighted by atomic mass is 16.3. The molecule has 0 radical (unpaired) electrons. The van der Waals surface area contributed by atoms with Crippen LogP contribution >= 0.6 is 0 Å². The lowest BCUT2D eigenvalue weighted by Gasteiger charge is -2.08. The SMILES string of the molecule is Cc1ccccc1C(=O)Nc1cccc(C(=O)N/N=C/c2ccccc2O)c1. The van der Waals surface area contributed by atoms with Crippen LogP contribution in [0.25, 0.3) is 0 Å². The minimum atomic E-state index is -0.432. The summed E-state index contributed by atoms with van der Waals surface area (Å²) in [4.78, 5) is 24.7. The number of carbonyl (C=O) groups excluding carboxylic acids is 2. The molecule has 0 heterocycles. The number of carbonyl (C=O) groups is 2. The summed E-state index contributed by atoms with van der Waals surface area (Å²) < 4.78 is 0. The van der Waals surface area contributed by atoms with E-state index in [2.05, 4.69) is 15.8 Å². The number of hydrogen-bond donors (Lipinski definition) is 3. The topological polar surface area (TPSA) is 90.8 Å². The van der Waals surface area contributed by atoms with E-state index in [1.54, 1.807) is 54.6 Å². The summed E-state index contributed by atoms with van der Waals surface area (Å²) in [5.74, 6) is -0.603. The number of phenols is 1. The van der Waals surface area contributed by atoms with Crippen LogP contribution in [0, 0.1) is 6.92 Å². The van der Waals surface area contributed by atoms with Crippen molar-refractivity contribution in [2.45, 2.75) is 6.92 Å². The van der Waals surface area contributed by atoms with E-state index >= 15 is 0 Å². The van der Waals surface area contributed by atoms with Gasteiger partial charge in [-0.1, -0.05) is 36.4 Å². The molecule has 0 bridgehead atoms. The maximum atomic E-state index is 12.4. The van der Waals surface area contributed by atoms with E-state index in [0.29, 0.717) is 22.4 Å². The van der Waals surface area contributed by atoms with E-state index in [-0.39, 0.29) is 11.7 Å². The van der Waals surface area contributed by atoms with E-state index in [0.717, 1.165) is 5.56 Å². The van der Waals surface area contributed by atoms with Gasteiger partial charge in [0, 0.05) is 22.4 Å². The van der Waals surface area contributed by atoms with Gasteiger partial charge in [0.25, 0.3) is 11.8 Å². The van der Waals surface area contributed by atoms with Crippen molar-refractivity contribution in [1.82, 2.24) is 5.43 Å². The summed E-state index contributed by atoms with van der Waals surface area (Å²) in [5.41, 5.74) is 5.18. The Bertz CT molecular complexity index is 1040. The molecule has 0 unspecified atom stereocenters. The minimum absolute atomic E-state index is 0.0708. The Labute approximate surface area is 162 Å². The van der Waals surface area contributed by atoms with Crippen molar-refractivity contribution in [2.75, 3.05) is 5.32 Å². The predicted molar refractivity (Wildman–Crippen MR) is 109 cm³/mol. The molecule has 3 aromatic carbocycles. The number of aromatic hydroxyl groups is 1. The maximum Gasteiger partial charge on any atom is 0.271 e. The maximum absolute atomic E-state index is 12.4. The Morgan fingerprint density at radius 2 is 1.68 bits per heavy atom. The first-order valence-electron chi connectivity index (χ1n) is 8.63. The van der Waals surface area contributed by atoms with Gasteiger partial charge in [-0.2, -0.15) is 5.10 Å². The molecule has 0 saturated carbocycles. The number of nitrogens with one attached hydrogen (secondary N) is 2. The second-order valence-corrected chi connectivity index (χ2v) is 6.11. The molecule has 0 aromatic heterocycles. The van der Waals surface area contributed by atoms with Gasteiger partial charge in [-0.05, 0) is 48.9 Å². The van der Waals surface area contributed by atoms with E-state index < -0.39 is 5.91 Å².